The van der Waals surface area contributed by atoms with Crippen molar-refractivity contribution in [1.82, 2.24) is 4.57 Å². The second kappa shape index (κ2) is 4.07. The lowest BCUT2D eigenvalue weighted by Crippen LogP contribution is -1.97. The first kappa shape index (κ1) is 9.62. The van der Waals surface area contributed by atoms with Crippen LogP contribution in [0, 0.1) is 0 Å². The first-order valence-corrected chi connectivity index (χ1v) is 4.87. The Morgan fingerprint density at radius 3 is 2.93 bits per heavy atom. The largest absolute Gasteiger partial charge is 0.348 e. The van der Waals surface area contributed by atoms with Crippen molar-refractivity contribution in [3.8, 4) is 0 Å². The van der Waals surface area contributed by atoms with Gasteiger partial charge >= 0.3 is 0 Å². The summed E-state index contributed by atoms with van der Waals surface area (Å²) < 4.78 is 2.14. The van der Waals surface area contributed by atoms with Crippen LogP contribution < -0.4 is 0 Å². The summed E-state index contributed by atoms with van der Waals surface area (Å²) in [7, 11) is 2.04. The van der Waals surface area contributed by atoms with Crippen LogP contribution in [-0.4, -0.2) is 11.1 Å². The number of rotatable bonds is 3. The average molecular weight is 200 g/mol. The Hall–Kier alpha value is -1.93. The fourth-order valence-corrected chi connectivity index (χ4v) is 1.80. The van der Waals surface area contributed by atoms with Gasteiger partial charge in [-0.25, -0.2) is 0 Å². The lowest BCUT2D eigenvalue weighted by Gasteiger charge is -2.01. The van der Waals surface area contributed by atoms with Crippen molar-refractivity contribution >= 4 is 10.9 Å². The standard InChI is InChI=1S/C11H12N4/c1-15-10(6-7-13-14-12)8-9-4-2-3-5-11(9)15/h2-5,8H,6-7H2,1H3. The highest BCUT2D eigenvalue weighted by atomic mass is 15.1. The summed E-state index contributed by atoms with van der Waals surface area (Å²) in [6, 6.07) is 10.4. The molecule has 4 nitrogen and oxygen atoms in total. The molecular weight excluding hydrogens is 188 g/mol. The van der Waals surface area contributed by atoms with Crippen LogP contribution in [0.3, 0.4) is 0 Å². The fourth-order valence-electron chi connectivity index (χ4n) is 1.80. The Bertz CT molecular complexity index is 520. The van der Waals surface area contributed by atoms with Crippen molar-refractivity contribution in [2.45, 2.75) is 6.42 Å². The molecule has 0 unspecified atom stereocenters. The smallest absolute Gasteiger partial charge is 0.0479 e. The third kappa shape index (κ3) is 1.80. The van der Waals surface area contributed by atoms with Gasteiger partial charge in [-0.15, -0.1) is 0 Å². The Balaban J connectivity index is 2.35. The highest BCUT2D eigenvalue weighted by molar-refractivity contribution is 5.81. The lowest BCUT2D eigenvalue weighted by atomic mass is 10.2. The number of azide groups is 1. The van der Waals surface area contributed by atoms with E-state index in [0.29, 0.717) is 6.54 Å². The van der Waals surface area contributed by atoms with E-state index < -0.39 is 0 Å². The van der Waals surface area contributed by atoms with E-state index in [4.69, 9.17) is 5.53 Å². The van der Waals surface area contributed by atoms with Gasteiger partial charge in [0.2, 0.25) is 0 Å². The monoisotopic (exact) mass is 200 g/mol. The molecule has 0 amide bonds. The molecule has 0 aliphatic rings. The summed E-state index contributed by atoms with van der Waals surface area (Å²) >= 11 is 0. The fraction of sp³-hybridized carbons (Fsp3) is 0.273. The van der Waals surface area contributed by atoms with Gasteiger partial charge < -0.3 is 4.57 Å². The molecule has 0 saturated carbocycles. The molecule has 0 atom stereocenters. The number of aryl methyl sites for hydroxylation is 1. The number of hydrogen-bond donors (Lipinski definition) is 0. The molecule has 2 rings (SSSR count). The molecule has 0 radical (unpaired) electrons. The van der Waals surface area contributed by atoms with E-state index in [9.17, 15) is 0 Å². The zero-order valence-electron chi connectivity index (χ0n) is 8.59. The first-order chi connectivity index (χ1) is 7.33. The summed E-state index contributed by atoms with van der Waals surface area (Å²) in [4.78, 5) is 2.75. The highest BCUT2D eigenvalue weighted by Crippen LogP contribution is 2.18. The predicted molar refractivity (Wildman–Crippen MR) is 60.6 cm³/mol. The third-order valence-electron chi connectivity index (χ3n) is 2.58. The molecule has 76 valence electrons. The summed E-state index contributed by atoms with van der Waals surface area (Å²) in [5.41, 5.74) is 10.6. The van der Waals surface area contributed by atoms with Crippen LogP contribution in [0.25, 0.3) is 21.3 Å². The van der Waals surface area contributed by atoms with Crippen LogP contribution in [0.5, 0.6) is 0 Å². The quantitative estimate of drug-likeness (QED) is 0.415. The Kier molecular flexibility index (Phi) is 2.61. The summed E-state index contributed by atoms with van der Waals surface area (Å²) in [5, 5.41) is 4.78. The van der Waals surface area contributed by atoms with Crippen molar-refractivity contribution in [3.05, 3.63) is 46.5 Å². The maximum Gasteiger partial charge on any atom is 0.0479 e. The Labute approximate surface area is 87.8 Å². The molecule has 15 heavy (non-hydrogen) atoms. The van der Waals surface area contributed by atoms with Crippen molar-refractivity contribution < 1.29 is 0 Å². The minimum Gasteiger partial charge on any atom is -0.348 e. The number of hydrogen-bond acceptors (Lipinski definition) is 1. The molecule has 1 aromatic carbocycles. The van der Waals surface area contributed by atoms with Gasteiger partial charge in [-0.2, -0.15) is 0 Å². The van der Waals surface area contributed by atoms with Crippen LogP contribution in [-0.2, 0) is 13.5 Å². The highest BCUT2D eigenvalue weighted by Gasteiger charge is 2.03. The van der Waals surface area contributed by atoms with Gasteiger partial charge in [-0.1, -0.05) is 23.3 Å². The first-order valence-electron chi connectivity index (χ1n) is 4.87. The number of nitrogens with zero attached hydrogens (tertiary/aromatic N) is 4. The Morgan fingerprint density at radius 1 is 1.40 bits per heavy atom. The normalized spacial score (nSPS) is 10.2. The molecule has 1 heterocycles. The predicted octanol–water partition coefficient (Wildman–Crippen LogP) is 3.03. The van der Waals surface area contributed by atoms with E-state index in [0.717, 1.165) is 6.42 Å². The van der Waals surface area contributed by atoms with Gasteiger partial charge in [0.15, 0.2) is 0 Å². The minimum atomic E-state index is 0.515. The van der Waals surface area contributed by atoms with E-state index in [1.54, 1.807) is 0 Å². The van der Waals surface area contributed by atoms with Crippen LogP contribution in [0.4, 0.5) is 0 Å². The Morgan fingerprint density at radius 2 is 2.20 bits per heavy atom. The zero-order valence-corrected chi connectivity index (χ0v) is 8.59. The summed E-state index contributed by atoms with van der Waals surface area (Å²) in [6.45, 7) is 0.515. The van der Waals surface area contributed by atoms with Gasteiger partial charge in [0, 0.05) is 29.7 Å². The summed E-state index contributed by atoms with van der Waals surface area (Å²) in [5.74, 6) is 0. The third-order valence-corrected chi connectivity index (χ3v) is 2.58. The maximum atomic E-state index is 8.20. The molecule has 0 aliphatic carbocycles. The number of aromatic nitrogens is 1. The lowest BCUT2D eigenvalue weighted by molar-refractivity contribution is 0.824. The zero-order chi connectivity index (χ0) is 10.7. The van der Waals surface area contributed by atoms with Gasteiger partial charge in [0.1, 0.15) is 0 Å². The van der Waals surface area contributed by atoms with Crippen LogP contribution >= 0.6 is 0 Å². The van der Waals surface area contributed by atoms with Gasteiger partial charge in [0.25, 0.3) is 0 Å². The molecule has 2 aromatic rings. The van der Waals surface area contributed by atoms with Gasteiger partial charge in [-0.3, -0.25) is 0 Å². The topological polar surface area (TPSA) is 53.7 Å². The second-order valence-corrected chi connectivity index (χ2v) is 3.46. The average Bonchev–Trinajstić information content (AvgIpc) is 2.57. The molecule has 0 fully saturated rings. The molecular formula is C11H12N4. The molecule has 0 saturated heterocycles. The number of benzene rings is 1. The molecule has 0 spiro atoms. The molecule has 4 heteroatoms. The van der Waals surface area contributed by atoms with Crippen molar-refractivity contribution in [2.24, 2.45) is 12.2 Å². The van der Waals surface area contributed by atoms with E-state index in [-0.39, 0.29) is 0 Å². The number of para-hydroxylation sites is 1. The van der Waals surface area contributed by atoms with E-state index in [1.165, 1.54) is 16.6 Å². The van der Waals surface area contributed by atoms with Crippen LogP contribution in [0.2, 0.25) is 0 Å². The van der Waals surface area contributed by atoms with Crippen molar-refractivity contribution in [3.63, 3.8) is 0 Å². The maximum absolute atomic E-state index is 8.20. The van der Waals surface area contributed by atoms with Crippen LogP contribution in [0.1, 0.15) is 5.69 Å². The van der Waals surface area contributed by atoms with Crippen LogP contribution in [0.15, 0.2) is 35.4 Å². The molecule has 0 N–H and O–H groups in total. The summed E-state index contributed by atoms with van der Waals surface area (Å²) in [6.07, 6.45) is 0.787. The molecule has 0 aliphatic heterocycles. The van der Waals surface area contributed by atoms with E-state index in [2.05, 4.69) is 32.8 Å². The number of fused-ring (bicyclic) bond motifs is 1. The van der Waals surface area contributed by atoms with Gasteiger partial charge in [-0.05, 0) is 29.5 Å². The van der Waals surface area contributed by atoms with E-state index in [1.807, 2.05) is 19.2 Å². The van der Waals surface area contributed by atoms with Crippen molar-refractivity contribution in [2.75, 3.05) is 6.54 Å². The van der Waals surface area contributed by atoms with Crippen molar-refractivity contribution in [1.29, 1.82) is 0 Å². The second-order valence-electron chi connectivity index (χ2n) is 3.46. The SMILES string of the molecule is Cn1c(CCN=[N+]=[N-])cc2ccccc21. The minimum absolute atomic E-state index is 0.515. The molecule has 0 bridgehead atoms. The molecule has 1 aromatic heterocycles. The van der Waals surface area contributed by atoms with Gasteiger partial charge in [0.05, 0.1) is 0 Å². The van der Waals surface area contributed by atoms with E-state index >= 15 is 0 Å².